The van der Waals surface area contributed by atoms with Crippen molar-refractivity contribution in [2.24, 2.45) is 5.92 Å². The van der Waals surface area contributed by atoms with Gasteiger partial charge in [-0.2, -0.15) is 0 Å². The number of furan rings is 1. The van der Waals surface area contributed by atoms with Crippen LogP contribution in [0.5, 0.6) is 0 Å². The molecule has 2 heterocycles. The van der Waals surface area contributed by atoms with Crippen molar-refractivity contribution in [3.05, 3.63) is 59.8 Å². The van der Waals surface area contributed by atoms with Crippen LogP contribution in [0.15, 0.2) is 47.1 Å². The fourth-order valence-corrected chi connectivity index (χ4v) is 3.86. The van der Waals surface area contributed by atoms with Crippen LogP contribution >= 0.6 is 0 Å². The molecule has 1 aliphatic heterocycles. The number of benzene rings is 1. The van der Waals surface area contributed by atoms with Crippen LogP contribution in [-0.4, -0.2) is 25.3 Å². The van der Waals surface area contributed by atoms with Gasteiger partial charge in [0.1, 0.15) is 11.6 Å². The molecule has 3 nitrogen and oxygen atoms in total. The highest BCUT2D eigenvalue weighted by Gasteiger charge is 2.29. The molecule has 1 aromatic carbocycles. The Hall–Kier alpha value is -1.65. The van der Waals surface area contributed by atoms with Crippen molar-refractivity contribution < 1.29 is 18.9 Å². The molecular weight excluding hydrogens is 317 g/mol. The van der Waals surface area contributed by atoms with Gasteiger partial charge in [-0.05, 0) is 56.5 Å². The average molecular weight is 346 g/mol. The van der Waals surface area contributed by atoms with Gasteiger partial charge < -0.3 is 14.5 Å². The molecule has 2 aromatic rings. The lowest BCUT2D eigenvalue weighted by atomic mass is 9.88. The molecule has 136 valence electrons. The first-order valence-corrected chi connectivity index (χ1v) is 9.28. The van der Waals surface area contributed by atoms with Crippen molar-refractivity contribution >= 4 is 0 Å². The molecule has 2 atom stereocenters. The monoisotopic (exact) mass is 346 g/mol. The lowest BCUT2D eigenvalue weighted by Crippen LogP contribution is -2.86. The lowest BCUT2D eigenvalue weighted by Gasteiger charge is -2.34. The van der Waals surface area contributed by atoms with Gasteiger partial charge in [-0.3, -0.25) is 0 Å². The van der Waals surface area contributed by atoms with Gasteiger partial charge in [0, 0.05) is 24.9 Å². The van der Waals surface area contributed by atoms with Crippen LogP contribution in [0.1, 0.15) is 50.4 Å². The van der Waals surface area contributed by atoms with Crippen LogP contribution in [0.4, 0.5) is 4.39 Å². The first-order valence-electron chi connectivity index (χ1n) is 9.28. The van der Waals surface area contributed by atoms with Gasteiger partial charge in [0.15, 0.2) is 0 Å². The maximum atomic E-state index is 13.2. The highest BCUT2D eigenvalue weighted by molar-refractivity contribution is 5.27. The summed E-state index contributed by atoms with van der Waals surface area (Å²) in [5, 5.41) is 2.41. The van der Waals surface area contributed by atoms with E-state index in [1.54, 1.807) is 6.26 Å². The van der Waals surface area contributed by atoms with Gasteiger partial charge in [-0.1, -0.05) is 12.1 Å². The second-order valence-corrected chi connectivity index (χ2v) is 7.69. The third-order valence-corrected chi connectivity index (χ3v) is 5.12. The molecule has 0 amide bonds. The standard InChI is InChI=1S/C21H28FNO2/c1-21(2)14-16(10-13-25-21)15-23-11-9-19(20-4-3-12-24-20)17-5-7-18(22)8-6-17/h3-8,12,16,19,23H,9-11,13-15H2,1-2H3/p+1/t16-,19-/m1/s1. The fraction of sp³-hybridized carbons (Fsp3) is 0.524. The van der Waals surface area contributed by atoms with Crippen molar-refractivity contribution in [2.45, 2.75) is 44.6 Å². The summed E-state index contributed by atoms with van der Waals surface area (Å²) in [7, 11) is 0. The van der Waals surface area contributed by atoms with Crippen molar-refractivity contribution in [2.75, 3.05) is 19.7 Å². The molecule has 1 aromatic heterocycles. The quantitative estimate of drug-likeness (QED) is 0.776. The number of ether oxygens (including phenoxy) is 1. The van der Waals surface area contributed by atoms with E-state index in [0.29, 0.717) is 0 Å². The van der Waals surface area contributed by atoms with E-state index in [4.69, 9.17) is 9.15 Å². The number of hydrogen-bond acceptors (Lipinski definition) is 2. The molecule has 0 bridgehead atoms. The van der Waals surface area contributed by atoms with Crippen molar-refractivity contribution in [3.63, 3.8) is 0 Å². The Labute approximate surface area is 149 Å². The molecule has 0 radical (unpaired) electrons. The fourth-order valence-electron chi connectivity index (χ4n) is 3.86. The molecule has 0 saturated carbocycles. The van der Waals surface area contributed by atoms with Gasteiger partial charge in [0.05, 0.1) is 25.0 Å². The number of nitrogens with two attached hydrogens (primary N) is 1. The molecule has 1 saturated heterocycles. The summed E-state index contributed by atoms with van der Waals surface area (Å²) in [6.07, 6.45) is 4.97. The van der Waals surface area contributed by atoms with E-state index >= 15 is 0 Å². The summed E-state index contributed by atoms with van der Waals surface area (Å²) in [6.45, 7) is 7.40. The molecule has 25 heavy (non-hydrogen) atoms. The van der Waals surface area contributed by atoms with E-state index in [2.05, 4.69) is 19.2 Å². The zero-order chi connectivity index (χ0) is 17.7. The number of hydrogen-bond donors (Lipinski definition) is 1. The van der Waals surface area contributed by atoms with E-state index in [1.807, 2.05) is 24.3 Å². The maximum Gasteiger partial charge on any atom is 0.123 e. The molecule has 4 heteroatoms. The molecule has 0 aliphatic carbocycles. The zero-order valence-electron chi connectivity index (χ0n) is 15.2. The van der Waals surface area contributed by atoms with Gasteiger partial charge in [-0.15, -0.1) is 0 Å². The van der Waals surface area contributed by atoms with E-state index in [0.717, 1.165) is 56.2 Å². The Kier molecular flexibility index (Phi) is 5.92. The van der Waals surface area contributed by atoms with Gasteiger partial charge in [0.2, 0.25) is 0 Å². The summed E-state index contributed by atoms with van der Waals surface area (Å²) < 4.78 is 24.7. The van der Waals surface area contributed by atoms with E-state index in [9.17, 15) is 4.39 Å². The summed E-state index contributed by atoms with van der Waals surface area (Å²) in [4.78, 5) is 0. The summed E-state index contributed by atoms with van der Waals surface area (Å²) >= 11 is 0. The minimum absolute atomic E-state index is 0.0154. The third kappa shape index (κ3) is 5.16. The highest BCUT2D eigenvalue weighted by Crippen LogP contribution is 2.29. The second kappa shape index (κ2) is 8.15. The van der Waals surface area contributed by atoms with Crippen molar-refractivity contribution in [1.82, 2.24) is 0 Å². The number of rotatable bonds is 7. The Morgan fingerprint density at radius 2 is 2.04 bits per heavy atom. The normalized spacial score (nSPS) is 21.2. The minimum atomic E-state index is -0.198. The lowest BCUT2D eigenvalue weighted by molar-refractivity contribution is -0.661. The maximum absolute atomic E-state index is 13.2. The predicted octanol–water partition coefficient (Wildman–Crippen LogP) is 3.71. The van der Waals surface area contributed by atoms with Crippen LogP contribution in [0, 0.1) is 11.7 Å². The molecule has 3 rings (SSSR count). The van der Waals surface area contributed by atoms with Crippen LogP contribution in [-0.2, 0) is 4.74 Å². The molecule has 0 unspecified atom stereocenters. The van der Waals surface area contributed by atoms with Crippen LogP contribution in [0.2, 0.25) is 0 Å². The van der Waals surface area contributed by atoms with Gasteiger partial charge >= 0.3 is 0 Å². The summed E-state index contributed by atoms with van der Waals surface area (Å²) in [6, 6.07) is 10.7. The van der Waals surface area contributed by atoms with Crippen molar-refractivity contribution in [3.8, 4) is 0 Å². The highest BCUT2D eigenvalue weighted by atomic mass is 19.1. The molecule has 0 spiro atoms. The van der Waals surface area contributed by atoms with Crippen LogP contribution in [0.25, 0.3) is 0 Å². The van der Waals surface area contributed by atoms with Crippen LogP contribution in [0.3, 0.4) is 0 Å². The minimum Gasteiger partial charge on any atom is -0.469 e. The number of halogens is 1. The van der Waals surface area contributed by atoms with Crippen LogP contribution < -0.4 is 5.32 Å². The predicted molar refractivity (Wildman–Crippen MR) is 96.0 cm³/mol. The smallest absolute Gasteiger partial charge is 0.123 e. The van der Waals surface area contributed by atoms with Gasteiger partial charge in [-0.25, -0.2) is 4.39 Å². The van der Waals surface area contributed by atoms with Crippen molar-refractivity contribution in [1.29, 1.82) is 0 Å². The van der Waals surface area contributed by atoms with E-state index < -0.39 is 0 Å². The zero-order valence-corrected chi connectivity index (χ0v) is 15.2. The second-order valence-electron chi connectivity index (χ2n) is 7.69. The summed E-state index contributed by atoms with van der Waals surface area (Å²) in [5.41, 5.74) is 1.12. The SMILES string of the molecule is CC1(C)C[C@H](C[NH2+]CC[C@H](c2ccc(F)cc2)c2ccco2)CCO1. The Bertz CT molecular complexity index is 636. The van der Waals surface area contributed by atoms with Gasteiger partial charge in [0.25, 0.3) is 0 Å². The molecular formula is C21H29FNO2+. The molecule has 1 fully saturated rings. The Balaban J connectivity index is 1.54. The summed E-state index contributed by atoms with van der Waals surface area (Å²) in [5.74, 6) is 1.65. The van der Waals surface area contributed by atoms with E-state index in [-0.39, 0.29) is 17.3 Å². The first kappa shape index (κ1) is 18.2. The first-order chi connectivity index (χ1) is 12.0. The largest absolute Gasteiger partial charge is 0.469 e. The molecule has 1 aliphatic rings. The number of quaternary nitrogens is 1. The molecule has 2 N–H and O–H groups in total. The Morgan fingerprint density at radius 1 is 1.24 bits per heavy atom. The van der Waals surface area contributed by atoms with E-state index in [1.165, 1.54) is 12.1 Å². The topological polar surface area (TPSA) is 39.0 Å². The average Bonchev–Trinajstić information content (AvgIpc) is 3.09. The third-order valence-electron chi connectivity index (χ3n) is 5.12. The Morgan fingerprint density at radius 3 is 2.72 bits per heavy atom.